The van der Waals surface area contributed by atoms with E-state index in [9.17, 15) is 14.3 Å². The number of hydrogen-bond acceptors (Lipinski definition) is 3. The van der Waals surface area contributed by atoms with Crippen molar-refractivity contribution in [2.24, 2.45) is 5.41 Å². The maximum Gasteiger partial charge on any atom is 0.271 e. The summed E-state index contributed by atoms with van der Waals surface area (Å²) in [4.78, 5) is 12.4. The van der Waals surface area contributed by atoms with Crippen LogP contribution in [0.5, 0.6) is 0 Å². The molecule has 0 radical (unpaired) electrons. The molecule has 1 amide bonds. The van der Waals surface area contributed by atoms with Crippen LogP contribution in [0.1, 0.15) is 42.9 Å². The Hall–Kier alpha value is -2.21. The molecule has 130 valence electrons. The SMILES string of the molecule is CCC(CC)(CO)CNC(=O)c1cc(C)n(-c2cccc(F)c2)n1. The van der Waals surface area contributed by atoms with Gasteiger partial charge in [0.25, 0.3) is 5.91 Å². The molecule has 1 heterocycles. The number of carbonyl (C=O) groups excluding carboxylic acids is 1. The Kier molecular flexibility index (Phi) is 5.72. The van der Waals surface area contributed by atoms with Crippen LogP contribution in [0.4, 0.5) is 4.39 Å². The molecule has 0 aliphatic carbocycles. The fourth-order valence-corrected chi connectivity index (χ4v) is 2.59. The zero-order chi connectivity index (χ0) is 17.7. The van der Waals surface area contributed by atoms with Crippen LogP contribution in [0.15, 0.2) is 30.3 Å². The Balaban J connectivity index is 2.16. The van der Waals surface area contributed by atoms with Gasteiger partial charge in [0.1, 0.15) is 5.82 Å². The number of aromatic nitrogens is 2. The number of rotatable bonds is 7. The summed E-state index contributed by atoms with van der Waals surface area (Å²) in [7, 11) is 0. The molecule has 0 saturated heterocycles. The zero-order valence-electron chi connectivity index (χ0n) is 14.3. The van der Waals surface area contributed by atoms with E-state index in [-0.39, 0.29) is 29.4 Å². The van der Waals surface area contributed by atoms with Crippen molar-refractivity contribution in [2.45, 2.75) is 33.6 Å². The van der Waals surface area contributed by atoms with Gasteiger partial charge in [-0.25, -0.2) is 9.07 Å². The first-order chi connectivity index (χ1) is 11.4. The lowest BCUT2D eigenvalue weighted by atomic mass is 9.83. The molecule has 5 nitrogen and oxygen atoms in total. The van der Waals surface area contributed by atoms with Gasteiger partial charge in [0, 0.05) is 17.7 Å². The average Bonchev–Trinajstić information content (AvgIpc) is 2.98. The summed E-state index contributed by atoms with van der Waals surface area (Å²) < 4.78 is 14.9. The Morgan fingerprint density at radius 3 is 2.62 bits per heavy atom. The predicted molar refractivity (Wildman–Crippen MR) is 90.7 cm³/mol. The molecule has 2 aromatic rings. The molecule has 0 fully saturated rings. The lowest BCUT2D eigenvalue weighted by Gasteiger charge is -2.29. The number of aryl methyl sites for hydroxylation is 1. The van der Waals surface area contributed by atoms with Crippen molar-refractivity contribution in [3.8, 4) is 5.69 Å². The van der Waals surface area contributed by atoms with Crippen LogP contribution in [0.2, 0.25) is 0 Å². The summed E-state index contributed by atoms with van der Waals surface area (Å²) in [6.45, 7) is 6.21. The van der Waals surface area contributed by atoms with Crippen LogP contribution in [-0.4, -0.2) is 33.9 Å². The molecule has 0 saturated carbocycles. The third kappa shape index (κ3) is 3.82. The topological polar surface area (TPSA) is 67.2 Å². The number of amides is 1. The molecule has 1 aromatic heterocycles. The van der Waals surface area contributed by atoms with E-state index < -0.39 is 0 Å². The van der Waals surface area contributed by atoms with E-state index >= 15 is 0 Å². The van der Waals surface area contributed by atoms with Crippen LogP contribution < -0.4 is 5.32 Å². The molecule has 0 aliphatic rings. The van der Waals surface area contributed by atoms with Gasteiger partial charge in [-0.1, -0.05) is 19.9 Å². The number of halogens is 1. The van der Waals surface area contributed by atoms with Crippen molar-refractivity contribution >= 4 is 5.91 Å². The standard InChI is InChI=1S/C18H24FN3O2/c1-4-18(5-2,12-23)11-20-17(24)16-9-13(3)22(21-16)15-8-6-7-14(19)10-15/h6-10,23H,4-5,11-12H2,1-3H3,(H,20,24). The van der Waals surface area contributed by atoms with Gasteiger partial charge in [0.2, 0.25) is 0 Å². The third-order valence-corrected chi connectivity index (χ3v) is 4.63. The molecule has 24 heavy (non-hydrogen) atoms. The number of nitrogens with zero attached hydrogens (tertiary/aromatic N) is 2. The number of hydrogen-bond donors (Lipinski definition) is 2. The molecule has 0 spiro atoms. The smallest absolute Gasteiger partial charge is 0.271 e. The van der Waals surface area contributed by atoms with Crippen molar-refractivity contribution in [1.29, 1.82) is 0 Å². The molecular formula is C18H24FN3O2. The highest BCUT2D eigenvalue weighted by Gasteiger charge is 2.26. The molecule has 0 bridgehead atoms. The highest BCUT2D eigenvalue weighted by Crippen LogP contribution is 2.24. The van der Waals surface area contributed by atoms with E-state index in [1.807, 2.05) is 20.8 Å². The van der Waals surface area contributed by atoms with Crippen LogP contribution in [-0.2, 0) is 0 Å². The second-order valence-corrected chi connectivity index (χ2v) is 6.11. The first kappa shape index (κ1) is 18.1. The van der Waals surface area contributed by atoms with Gasteiger partial charge in [-0.05, 0) is 44.0 Å². The van der Waals surface area contributed by atoms with E-state index in [0.717, 1.165) is 18.5 Å². The molecule has 6 heteroatoms. The minimum Gasteiger partial charge on any atom is -0.396 e. The normalized spacial score (nSPS) is 11.5. The lowest BCUT2D eigenvalue weighted by molar-refractivity contribution is 0.0846. The fraction of sp³-hybridized carbons (Fsp3) is 0.444. The number of aliphatic hydroxyl groups is 1. The van der Waals surface area contributed by atoms with Crippen LogP contribution >= 0.6 is 0 Å². The molecule has 2 N–H and O–H groups in total. The monoisotopic (exact) mass is 333 g/mol. The highest BCUT2D eigenvalue weighted by atomic mass is 19.1. The molecule has 0 atom stereocenters. The summed E-state index contributed by atoms with van der Waals surface area (Å²) >= 11 is 0. The molecule has 0 unspecified atom stereocenters. The maximum atomic E-state index is 13.4. The van der Waals surface area contributed by atoms with Gasteiger partial charge in [-0.15, -0.1) is 0 Å². The zero-order valence-corrected chi connectivity index (χ0v) is 14.3. The minimum atomic E-state index is -0.355. The van der Waals surface area contributed by atoms with E-state index in [0.29, 0.717) is 12.2 Å². The van der Waals surface area contributed by atoms with E-state index in [4.69, 9.17) is 0 Å². The van der Waals surface area contributed by atoms with Gasteiger partial charge < -0.3 is 10.4 Å². The predicted octanol–water partition coefficient (Wildman–Crippen LogP) is 2.85. The summed E-state index contributed by atoms with van der Waals surface area (Å²) in [6, 6.07) is 7.73. The van der Waals surface area contributed by atoms with Gasteiger partial charge in [-0.2, -0.15) is 5.10 Å². The van der Waals surface area contributed by atoms with Gasteiger partial charge in [0.15, 0.2) is 5.69 Å². The average molecular weight is 333 g/mol. The van der Waals surface area contributed by atoms with Crippen molar-refractivity contribution in [1.82, 2.24) is 15.1 Å². The highest BCUT2D eigenvalue weighted by molar-refractivity contribution is 5.92. The number of nitrogens with one attached hydrogen (secondary N) is 1. The first-order valence-electron chi connectivity index (χ1n) is 8.16. The Labute approximate surface area is 141 Å². The van der Waals surface area contributed by atoms with Crippen LogP contribution in [0.25, 0.3) is 5.69 Å². The van der Waals surface area contributed by atoms with Crippen LogP contribution in [0, 0.1) is 18.2 Å². The van der Waals surface area contributed by atoms with Crippen LogP contribution in [0.3, 0.4) is 0 Å². The third-order valence-electron chi connectivity index (χ3n) is 4.63. The minimum absolute atomic E-state index is 0.0248. The first-order valence-corrected chi connectivity index (χ1v) is 8.16. The number of benzene rings is 1. The Bertz CT molecular complexity index is 700. The second kappa shape index (κ2) is 7.57. The van der Waals surface area contributed by atoms with Crippen molar-refractivity contribution in [3.05, 3.63) is 47.5 Å². The Morgan fingerprint density at radius 2 is 2.04 bits per heavy atom. The largest absolute Gasteiger partial charge is 0.396 e. The van der Waals surface area contributed by atoms with Gasteiger partial charge in [-0.3, -0.25) is 4.79 Å². The van der Waals surface area contributed by atoms with E-state index in [1.54, 1.807) is 18.2 Å². The molecule has 2 rings (SSSR count). The summed E-state index contributed by atoms with van der Waals surface area (Å²) in [6.07, 6.45) is 1.55. The van der Waals surface area contributed by atoms with Crippen molar-refractivity contribution < 1.29 is 14.3 Å². The number of aliphatic hydroxyl groups excluding tert-OH is 1. The van der Waals surface area contributed by atoms with Gasteiger partial charge >= 0.3 is 0 Å². The van der Waals surface area contributed by atoms with Crippen molar-refractivity contribution in [2.75, 3.05) is 13.2 Å². The fourth-order valence-electron chi connectivity index (χ4n) is 2.59. The van der Waals surface area contributed by atoms with Gasteiger partial charge in [0.05, 0.1) is 12.3 Å². The quantitative estimate of drug-likeness (QED) is 0.819. The molecule has 1 aromatic carbocycles. The summed E-state index contributed by atoms with van der Waals surface area (Å²) in [5.41, 5.74) is 1.27. The molecular weight excluding hydrogens is 309 g/mol. The number of carbonyl (C=O) groups is 1. The molecule has 0 aliphatic heterocycles. The maximum absolute atomic E-state index is 13.4. The van der Waals surface area contributed by atoms with E-state index in [2.05, 4.69) is 10.4 Å². The van der Waals surface area contributed by atoms with E-state index in [1.165, 1.54) is 16.8 Å². The van der Waals surface area contributed by atoms with Crippen molar-refractivity contribution in [3.63, 3.8) is 0 Å². The Morgan fingerprint density at radius 1 is 1.33 bits per heavy atom. The summed E-state index contributed by atoms with van der Waals surface area (Å²) in [5, 5.41) is 16.7. The second-order valence-electron chi connectivity index (χ2n) is 6.11. The lowest BCUT2D eigenvalue weighted by Crippen LogP contribution is -2.39. The summed E-state index contributed by atoms with van der Waals surface area (Å²) in [5.74, 6) is -0.653.